The van der Waals surface area contributed by atoms with E-state index in [0.29, 0.717) is 11.9 Å². The van der Waals surface area contributed by atoms with Gasteiger partial charge in [-0.2, -0.15) is 0 Å². The smallest absolute Gasteiger partial charge is 0.215 e. The van der Waals surface area contributed by atoms with E-state index >= 15 is 0 Å². The number of rotatable bonds is 4. The normalized spacial score (nSPS) is 16.9. The maximum Gasteiger partial charge on any atom is 0.215 e. The third-order valence-electron chi connectivity index (χ3n) is 5.17. The van der Waals surface area contributed by atoms with Gasteiger partial charge in [-0.15, -0.1) is 5.10 Å². The summed E-state index contributed by atoms with van der Waals surface area (Å²) in [6, 6.07) is 10.5. The standard InChI is InChI=1S/C21H21FN6OS/c1-13-12-27(10-9-23-13)21-26-28-19(15-7-8-24-17(11-15)29-2)18(25-20(28)30-21)14-3-5-16(22)6-4-14/h3-8,11,13,23H,9-10,12H2,1-2H3. The number of imidazole rings is 1. The van der Waals surface area contributed by atoms with Gasteiger partial charge in [0.2, 0.25) is 16.0 Å². The van der Waals surface area contributed by atoms with Crippen molar-refractivity contribution in [3.8, 4) is 28.4 Å². The molecule has 0 bridgehead atoms. The lowest BCUT2D eigenvalue weighted by atomic mass is 10.1. The zero-order chi connectivity index (χ0) is 20.7. The molecule has 30 heavy (non-hydrogen) atoms. The van der Waals surface area contributed by atoms with Crippen molar-refractivity contribution in [2.45, 2.75) is 13.0 Å². The van der Waals surface area contributed by atoms with Crippen LogP contribution in [0.2, 0.25) is 0 Å². The van der Waals surface area contributed by atoms with Gasteiger partial charge in [-0.05, 0) is 37.3 Å². The van der Waals surface area contributed by atoms with E-state index in [1.54, 1.807) is 36.8 Å². The van der Waals surface area contributed by atoms with Gasteiger partial charge < -0.3 is 15.0 Å². The van der Waals surface area contributed by atoms with E-state index in [-0.39, 0.29) is 5.82 Å². The van der Waals surface area contributed by atoms with Crippen LogP contribution < -0.4 is 15.0 Å². The summed E-state index contributed by atoms with van der Waals surface area (Å²) in [5, 5.41) is 9.30. The Bertz CT molecular complexity index is 1190. The Balaban J connectivity index is 1.67. The Kier molecular flexibility index (Phi) is 4.84. The number of pyridine rings is 1. The summed E-state index contributed by atoms with van der Waals surface area (Å²) in [7, 11) is 1.59. The van der Waals surface area contributed by atoms with Crippen LogP contribution in [0.4, 0.5) is 9.52 Å². The highest BCUT2D eigenvalue weighted by molar-refractivity contribution is 7.20. The van der Waals surface area contributed by atoms with E-state index < -0.39 is 0 Å². The highest BCUT2D eigenvalue weighted by atomic mass is 32.1. The molecule has 7 nitrogen and oxygen atoms in total. The van der Waals surface area contributed by atoms with Gasteiger partial charge in [0.25, 0.3) is 0 Å². The van der Waals surface area contributed by atoms with Crippen molar-refractivity contribution < 1.29 is 9.13 Å². The fourth-order valence-electron chi connectivity index (χ4n) is 3.71. The van der Waals surface area contributed by atoms with Crippen LogP contribution in [0.3, 0.4) is 0 Å². The average molecular weight is 425 g/mol. The largest absolute Gasteiger partial charge is 0.481 e. The molecule has 1 atom stereocenters. The van der Waals surface area contributed by atoms with Crippen LogP contribution in [-0.4, -0.2) is 52.4 Å². The van der Waals surface area contributed by atoms with Gasteiger partial charge in [-0.3, -0.25) is 0 Å². The fourth-order valence-corrected chi connectivity index (χ4v) is 4.64. The van der Waals surface area contributed by atoms with Crippen molar-refractivity contribution in [1.82, 2.24) is 24.9 Å². The Morgan fingerprint density at radius 3 is 2.80 bits per heavy atom. The molecule has 1 N–H and O–H groups in total. The van der Waals surface area contributed by atoms with E-state index in [1.807, 2.05) is 16.6 Å². The molecular formula is C21H21FN6OS. The van der Waals surface area contributed by atoms with Crippen LogP contribution in [-0.2, 0) is 0 Å². The molecule has 1 fully saturated rings. The number of hydrogen-bond acceptors (Lipinski definition) is 7. The minimum Gasteiger partial charge on any atom is -0.481 e. The lowest BCUT2D eigenvalue weighted by Crippen LogP contribution is -2.49. The highest BCUT2D eigenvalue weighted by Gasteiger charge is 2.24. The summed E-state index contributed by atoms with van der Waals surface area (Å²) >= 11 is 1.56. The number of nitrogens with zero attached hydrogens (tertiary/aromatic N) is 5. The topological polar surface area (TPSA) is 67.6 Å². The number of halogens is 1. The second-order valence-corrected chi connectivity index (χ2v) is 8.22. The molecule has 1 aliphatic rings. The van der Waals surface area contributed by atoms with Crippen LogP contribution in [0.15, 0.2) is 42.6 Å². The first-order chi connectivity index (χ1) is 14.6. The Morgan fingerprint density at radius 1 is 1.20 bits per heavy atom. The van der Waals surface area contributed by atoms with Crippen molar-refractivity contribution >= 4 is 21.4 Å². The molecule has 9 heteroatoms. The van der Waals surface area contributed by atoms with Crippen LogP contribution >= 0.6 is 11.3 Å². The van der Waals surface area contributed by atoms with Gasteiger partial charge in [-0.1, -0.05) is 11.3 Å². The van der Waals surface area contributed by atoms with Crippen LogP contribution in [0.5, 0.6) is 5.88 Å². The molecule has 154 valence electrons. The third-order valence-corrected chi connectivity index (χ3v) is 6.14. The van der Waals surface area contributed by atoms with Crippen molar-refractivity contribution in [3.05, 3.63) is 48.4 Å². The number of aromatic nitrogens is 4. The van der Waals surface area contributed by atoms with E-state index in [2.05, 4.69) is 22.1 Å². The van der Waals surface area contributed by atoms with Crippen molar-refractivity contribution in [2.75, 3.05) is 31.6 Å². The number of piperazine rings is 1. The van der Waals surface area contributed by atoms with Gasteiger partial charge in [0.15, 0.2) is 0 Å². The summed E-state index contributed by atoms with van der Waals surface area (Å²) in [4.78, 5) is 12.2. The number of anilines is 1. The second kappa shape index (κ2) is 7.66. The molecule has 0 spiro atoms. The van der Waals surface area contributed by atoms with E-state index in [0.717, 1.165) is 52.2 Å². The molecule has 0 amide bonds. The molecule has 1 aromatic carbocycles. The fraction of sp³-hybridized carbons (Fsp3) is 0.286. The Morgan fingerprint density at radius 2 is 2.03 bits per heavy atom. The SMILES string of the molecule is COc1cc(-c2c(-c3ccc(F)cc3)nc3sc(N4CCNC(C)C4)nn23)ccn1. The Labute approximate surface area is 177 Å². The van der Waals surface area contributed by atoms with Gasteiger partial charge >= 0.3 is 0 Å². The molecule has 1 aliphatic heterocycles. The number of nitrogens with one attached hydrogen (secondary N) is 1. The minimum absolute atomic E-state index is 0.278. The monoisotopic (exact) mass is 424 g/mol. The van der Waals surface area contributed by atoms with Crippen molar-refractivity contribution in [2.24, 2.45) is 0 Å². The van der Waals surface area contributed by atoms with Gasteiger partial charge in [0.05, 0.1) is 7.11 Å². The zero-order valence-corrected chi connectivity index (χ0v) is 17.5. The first-order valence-electron chi connectivity index (χ1n) is 9.76. The zero-order valence-electron chi connectivity index (χ0n) is 16.7. The van der Waals surface area contributed by atoms with Crippen LogP contribution in [0.1, 0.15) is 6.92 Å². The molecule has 1 saturated heterocycles. The quantitative estimate of drug-likeness (QED) is 0.541. The molecule has 4 heterocycles. The summed E-state index contributed by atoms with van der Waals surface area (Å²) in [5.74, 6) is 0.235. The molecule has 1 unspecified atom stereocenters. The molecule has 5 rings (SSSR count). The van der Waals surface area contributed by atoms with Gasteiger partial charge in [0, 0.05) is 49.1 Å². The highest BCUT2D eigenvalue weighted by Crippen LogP contribution is 2.37. The maximum absolute atomic E-state index is 13.5. The van der Waals surface area contributed by atoms with Gasteiger partial charge in [-0.25, -0.2) is 18.9 Å². The molecular weight excluding hydrogens is 403 g/mol. The van der Waals surface area contributed by atoms with Gasteiger partial charge in [0.1, 0.15) is 17.2 Å². The molecule has 3 aromatic heterocycles. The number of fused-ring (bicyclic) bond motifs is 1. The molecule has 0 aliphatic carbocycles. The number of ether oxygens (including phenoxy) is 1. The van der Waals surface area contributed by atoms with E-state index in [9.17, 15) is 4.39 Å². The first kappa shape index (κ1) is 19.0. The summed E-state index contributed by atoms with van der Waals surface area (Å²) in [5.41, 5.74) is 3.31. The first-order valence-corrected chi connectivity index (χ1v) is 10.6. The average Bonchev–Trinajstić information content (AvgIpc) is 3.32. The number of hydrogen-bond donors (Lipinski definition) is 1. The van der Waals surface area contributed by atoms with Crippen molar-refractivity contribution in [3.63, 3.8) is 0 Å². The van der Waals surface area contributed by atoms with E-state index in [4.69, 9.17) is 14.8 Å². The number of methoxy groups -OCH3 is 1. The molecule has 4 aromatic rings. The summed E-state index contributed by atoms with van der Waals surface area (Å²) in [6.45, 7) is 4.91. The second-order valence-electron chi connectivity index (χ2n) is 7.28. The third kappa shape index (κ3) is 3.40. The van der Waals surface area contributed by atoms with Crippen LogP contribution in [0, 0.1) is 5.82 Å². The lowest BCUT2D eigenvalue weighted by Gasteiger charge is -2.31. The van der Waals surface area contributed by atoms with Crippen LogP contribution in [0.25, 0.3) is 27.5 Å². The minimum atomic E-state index is -0.278. The summed E-state index contributed by atoms with van der Waals surface area (Å²) in [6.07, 6.45) is 1.70. The maximum atomic E-state index is 13.5. The number of benzene rings is 1. The summed E-state index contributed by atoms with van der Waals surface area (Å²) < 4.78 is 20.7. The molecule has 0 saturated carbocycles. The molecule has 0 radical (unpaired) electrons. The lowest BCUT2D eigenvalue weighted by molar-refractivity contribution is 0.398. The predicted molar refractivity (Wildman–Crippen MR) is 116 cm³/mol. The predicted octanol–water partition coefficient (Wildman–Crippen LogP) is 3.47. The Hall–Kier alpha value is -3.04. The van der Waals surface area contributed by atoms with Crippen molar-refractivity contribution in [1.29, 1.82) is 0 Å². The van der Waals surface area contributed by atoms with E-state index in [1.165, 1.54) is 12.1 Å².